The Balaban J connectivity index is 4.87. The normalized spacial score (nSPS) is 15.7. The molecule has 0 aromatic heterocycles. The van der Waals surface area contributed by atoms with Crippen molar-refractivity contribution >= 4 is 17.7 Å². The van der Waals surface area contributed by atoms with Crippen molar-refractivity contribution in [3.05, 3.63) is 0 Å². The van der Waals surface area contributed by atoms with Crippen molar-refractivity contribution in [2.45, 2.75) is 30.9 Å². The van der Waals surface area contributed by atoms with E-state index in [1.807, 2.05) is 0 Å². The number of hydrogen-bond donors (Lipinski definition) is 5. The number of aliphatic hydroxyl groups is 1. The lowest BCUT2D eigenvalue weighted by Gasteiger charge is -2.35. The number of nitrogens with zero attached hydrogens (tertiary/aromatic N) is 2. The van der Waals surface area contributed by atoms with E-state index in [9.17, 15) is 14.7 Å². The molecule has 0 amide bonds. The van der Waals surface area contributed by atoms with Gasteiger partial charge < -0.3 is 31.9 Å². The monoisotopic (exact) mass is 318 g/mol. The largest absolute Gasteiger partial charge is 0.481 e. The molecule has 0 aromatic rings. The Morgan fingerprint density at radius 1 is 1.27 bits per heavy atom. The van der Waals surface area contributed by atoms with E-state index in [1.165, 1.54) is 0 Å². The minimum Gasteiger partial charge on any atom is -0.481 e. The zero-order valence-electron chi connectivity index (χ0n) is 13.5. The summed E-state index contributed by atoms with van der Waals surface area (Å²) in [5.41, 5.74) is 14.2. The summed E-state index contributed by atoms with van der Waals surface area (Å²) < 4.78 is 0.232. The van der Waals surface area contributed by atoms with E-state index < -0.39 is 29.8 Å². The minimum atomic E-state index is -2.00. The van der Waals surface area contributed by atoms with Crippen molar-refractivity contribution in [1.29, 1.82) is 0 Å². The second-order valence-corrected chi connectivity index (χ2v) is 6.47. The van der Waals surface area contributed by atoms with Crippen molar-refractivity contribution in [3.8, 4) is 0 Å². The summed E-state index contributed by atoms with van der Waals surface area (Å²) in [5, 5.41) is 19.5. The number of likely N-dealkylation sites (N-methyl/N-ethyl adjacent to an activating group) is 1. The number of Topliss-reactive ketones (excluding diaryl/α,β-unsaturated/α-hetero) is 1. The Morgan fingerprint density at radius 2 is 1.82 bits per heavy atom. The molecule has 0 saturated carbocycles. The van der Waals surface area contributed by atoms with E-state index in [2.05, 4.69) is 4.99 Å². The van der Waals surface area contributed by atoms with Crippen molar-refractivity contribution in [1.82, 2.24) is 0 Å². The molecule has 0 spiro atoms. The van der Waals surface area contributed by atoms with Crippen LogP contribution >= 0.6 is 0 Å². The first-order valence-electron chi connectivity index (χ1n) is 6.97. The highest BCUT2D eigenvalue weighted by Crippen LogP contribution is 2.19. The van der Waals surface area contributed by atoms with Crippen LogP contribution in [0.4, 0.5) is 0 Å². The Bertz CT molecular complexity index is 429. The zero-order chi connectivity index (χ0) is 17.6. The topological polar surface area (TPSA) is 165 Å². The number of ketones is 1. The average molecular weight is 318 g/mol. The third-order valence-electron chi connectivity index (χ3n) is 2.94. The molecule has 0 fully saturated rings. The highest BCUT2D eigenvalue weighted by Gasteiger charge is 2.45. The molecule has 0 saturated heterocycles. The van der Waals surface area contributed by atoms with Crippen LogP contribution in [0.3, 0.4) is 0 Å². The number of hydrogen-bond acceptors (Lipinski definition) is 5. The summed E-state index contributed by atoms with van der Waals surface area (Å²) in [5.74, 6) is -1.98. The third kappa shape index (κ3) is 7.91. The lowest BCUT2D eigenvalue weighted by molar-refractivity contribution is -0.875. The van der Waals surface area contributed by atoms with Crippen LogP contribution in [0.5, 0.6) is 0 Å². The van der Waals surface area contributed by atoms with Crippen LogP contribution in [0.15, 0.2) is 4.99 Å². The highest BCUT2D eigenvalue weighted by molar-refractivity contribution is 5.94. The highest BCUT2D eigenvalue weighted by atomic mass is 16.4. The van der Waals surface area contributed by atoms with Gasteiger partial charge in [-0.2, -0.15) is 0 Å². The predicted octanol–water partition coefficient (Wildman–Crippen LogP) is -2.15. The Kier molecular flexibility index (Phi) is 7.44. The molecule has 0 unspecified atom stereocenters. The fourth-order valence-corrected chi connectivity index (χ4v) is 2.25. The Labute approximate surface area is 130 Å². The first-order valence-corrected chi connectivity index (χ1v) is 6.97. The van der Waals surface area contributed by atoms with Crippen LogP contribution in [0.1, 0.15) is 19.3 Å². The maximum atomic E-state index is 12.4. The standard InChI is InChI=1S/C13H27N5O4/c1-18(2,3)8-13(22,7-10(19)20)11(21)9(14)5-4-6-17-12(15)16/h9,22H,4-8,14H2,1-3H3,(H4-,15,16,17,19,20)/p+1/t9-,13+/m0/s1. The SMILES string of the molecule is C[N+](C)(C)C[C@](O)(CC(=O)O)C(=O)[C@@H](N)CCCN=C(N)N. The van der Waals surface area contributed by atoms with Gasteiger partial charge in [-0.3, -0.25) is 14.6 Å². The van der Waals surface area contributed by atoms with Crippen LogP contribution < -0.4 is 17.2 Å². The first-order chi connectivity index (χ1) is 9.87. The van der Waals surface area contributed by atoms with Gasteiger partial charge >= 0.3 is 5.97 Å². The lowest BCUT2D eigenvalue weighted by Crippen LogP contribution is -2.58. The molecule has 0 bridgehead atoms. The molecule has 9 nitrogen and oxygen atoms in total. The number of carboxylic acid groups (broad SMARTS) is 1. The Hall–Kier alpha value is -1.71. The number of guanidine groups is 1. The van der Waals surface area contributed by atoms with Gasteiger partial charge in [0.15, 0.2) is 17.3 Å². The minimum absolute atomic E-state index is 0.0419. The van der Waals surface area contributed by atoms with Crippen molar-refractivity contribution in [3.63, 3.8) is 0 Å². The summed E-state index contributed by atoms with van der Waals surface area (Å²) in [6.07, 6.45) is 0.0377. The van der Waals surface area contributed by atoms with Gasteiger partial charge in [-0.05, 0) is 12.8 Å². The third-order valence-corrected chi connectivity index (χ3v) is 2.94. The molecule has 8 N–H and O–H groups in total. The maximum Gasteiger partial charge on any atom is 0.306 e. The molecule has 0 radical (unpaired) electrons. The fraction of sp³-hybridized carbons (Fsp3) is 0.769. The van der Waals surface area contributed by atoms with Gasteiger partial charge in [-0.15, -0.1) is 0 Å². The van der Waals surface area contributed by atoms with Crippen LogP contribution in [0, 0.1) is 0 Å². The number of carbonyl (C=O) groups excluding carboxylic acids is 1. The zero-order valence-corrected chi connectivity index (χ0v) is 13.5. The molecule has 128 valence electrons. The van der Waals surface area contributed by atoms with E-state index in [0.29, 0.717) is 13.0 Å². The molecular weight excluding hydrogens is 290 g/mol. The predicted molar refractivity (Wildman–Crippen MR) is 83.0 cm³/mol. The van der Waals surface area contributed by atoms with E-state index in [1.54, 1.807) is 21.1 Å². The van der Waals surface area contributed by atoms with Crippen molar-refractivity contribution in [2.75, 3.05) is 34.2 Å². The van der Waals surface area contributed by atoms with Gasteiger partial charge in [0.05, 0.1) is 33.6 Å². The van der Waals surface area contributed by atoms with Gasteiger partial charge in [-0.1, -0.05) is 0 Å². The Morgan fingerprint density at radius 3 is 2.23 bits per heavy atom. The van der Waals surface area contributed by atoms with E-state index in [-0.39, 0.29) is 23.4 Å². The number of rotatable bonds is 10. The average Bonchev–Trinajstić information content (AvgIpc) is 2.29. The number of carbonyl (C=O) groups is 2. The molecule has 0 aliphatic carbocycles. The van der Waals surface area contributed by atoms with Crippen molar-refractivity contribution in [2.24, 2.45) is 22.2 Å². The quantitative estimate of drug-likeness (QED) is 0.132. The van der Waals surface area contributed by atoms with E-state index >= 15 is 0 Å². The van der Waals surface area contributed by atoms with E-state index in [4.69, 9.17) is 22.3 Å². The maximum absolute atomic E-state index is 12.4. The number of quaternary nitrogens is 1. The van der Waals surface area contributed by atoms with Crippen LogP contribution in [0.25, 0.3) is 0 Å². The van der Waals surface area contributed by atoms with Gasteiger partial charge in [0.1, 0.15) is 6.54 Å². The summed E-state index contributed by atoms with van der Waals surface area (Å²) in [6.45, 7) is 0.274. The number of aliphatic carboxylic acids is 1. The summed E-state index contributed by atoms with van der Waals surface area (Å²) in [6, 6.07) is -0.968. The van der Waals surface area contributed by atoms with Crippen LogP contribution in [0.2, 0.25) is 0 Å². The second-order valence-electron chi connectivity index (χ2n) is 6.47. The van der Waals surface area contributed by atoms with Gasteiger partial charge in [-0.25, -0.2) is 0 Å². The molecule has 0 aliphatic heterocycles. The van der Waals surface area contributed by atoms with Gasteiger partial charge in [0, 0.05) is 6.54 Å². The first kappa shape index (κ1) is 20.3. The smallest absolute Gasteiger partial charge is 0.306 e. The van der Waals surface area contributed by atoms with Crippen LogP contribution in [-0.4, -0.2) is 78.3 Å². The fourth-order valence-electron chi connectivity index (χ4n) is 2.25. The van der Waals surface area contributed by atoms with Crippen molar-refractivity contribution < 1.29 is 24.3 Å². The molecule has 2 atom stereocenters. The molecular formula is C13H28N5O4+. The van der Waals surface area contributed by atoms with Gasteiger partial charge in [0.25, 0.3) is 0 Å². The van der Waals surface area contributed by atoms with E-state index in [0.717, 1.165) is 0 Å². The number of aliphatic imine (C=N–C) groups is 1. The van der Waals surface area contributed by atoms with Gasteiger partial charge in [0.2, 0.25) is 0 Å². The number of nitrogens with two attached hydrogens (primary N) is 3. The number of carboxylic acids is 1. The molecule has 0 heterocycles. The van der Waals surface area contributed by atoms with Crippen LogP contribution in [-0.2, 0) is 9.59 Å². The summed E-state index contributed by atoms with van der Waals surface area (Å²) >= 11 is 0. The molecule has 9 heteroatoms. The molecule has 22 heavy (non-hydrogen) atoms. The lowest BCUT2D eigenvalue weighted by atomic mass is 9.87. The molecule has 0 aromatic carbocycles. The molecule has 0 rings (SSSR count). The molecule has 0 aliphatic rings. The second kappa shape index (κ2) is 8.06. The summed E-state index contributed by atoms with van der Waals surface area (Å²) in [4.78, 5) is 27.1. The summed E-state index contributed by atoms with van der Waals surface area (Å²) in [7, 11) is 5.26.